The molecular weight excluding hydrogens is 283 g/mol. The molecular formula is C10H14F3N3O2S. The summed E-state index contributed by atoms with van der Waals surface area (Å²) < 4.78 is 59.2. The fourth-order valence-corrected chi connectivity index (χ4v) is 2.05. The summed E-state index contributed by atoms with van der Waals surface area (Å²) in [6.07, 6.45) is -2.17. The fourth-order valence-electron chi connectivity index (χ4n) is 1.27. The van der Waals surface area contributed by atoms with Gasteiger partial charge in [-0.25, -0.2) is 18.4 Å². The maximum Gasteiger partial charge on any atom is 0.433 e. The molecule has 1 N–H and O–H groups in total. The van der Waals surface area contributed by atoms with Crippen molar-refractivity contribution in [2.24, 2.45) is 0 Å². The topological polar surface area (TPSA) is 72.0 Å². The van der Waals surface area contributed by atoms with E-state index in [9.17, 15) is 21.6 Å². The van der Waals surface area contributed by atoms with E-state index >= 15 is 0 Å². The number of sulfone groups is 1. The molecule has 0 aliphatic rings. The molecule has 1 aromatic rings. The van der Waals surface area contributed by atoms with Crippen LogP contribution in [-0.4, -0.2) is 36.4 Å². The first-order valence-electron chi connectivity index (χ1n) is 5.42. The minimum absolute atomic E-state index is 0.0554. The number of aromatic nitrogens is 2. The normalized spacial score (nSPS) is 14.2. The largest absolute Gasteiger partial charge is 0.433 e. The Kier molecular flexibility index (Phi) is 4.72. The Labute approximate surface area is 109 Å². The third kappa shape index (κ3) is 5.86. The standard InChI is InChI=1S/C10H14F3N3O2S/c1-7(4-6-19(2,17)18)15-9-14-5-3-8(16-9)10(11,12)13/h3,5,7H,4,6H2,1-2H3,(H,14,15,16). The summed E-state index contributed by atoms with van der Waals surface area (Å²) in [6.45, 7) is 1.65. The number of hydrogen-bond donors (Lipinski definition) is 1. The van der Waals surface area contributed by atoms with Crippen molar-refractivity contribution in [1.29, 1.82) is 0 Å². The Bertz CT molecular complexity index is 531. The molecule has 0 fully saturated rings. The maximum absolute atomic E-state index is 12.4. The summed E-state index contributed by atoms with van der Waals surface area (Å²) in [6, 6.07) is 0.421. The van der Waals surface area contributed by atoms with Gasteiger partial charge in [0.2, 0.25) is 5.95 Å². The molecule has 1 heterocycles. The Morgan fingerprint density at radius 3 is 2.58 bits per heavy atom. The molecule has 0 saturated heterocycles. The van der Waals surface area contributed by atoms with Crippen molar-refractivity contribution in [2.45, 2.75) is 25.6 Å². The number of anilines is 1. The van der Waals surface area contributed by atoms with Gasteiger partial charge in [-0.3, -0.25) is 0 Å². The smallest absolute Gasteiger partial charge is 0.352 e. The molecule has 0 aliphatic heterocycles. The Hall–Kier alpha value is -1.38. The molecule has 0 aromatic carbocycles. The molecule has 0 amide bonds. The zero-order valence-electron chi connectivity index (χ0n) is 10.4. The predicted molar refractivity (Wildman–Crippen MR) is 64.4 cm³/mol. The van der Waals surface area contributed by atoms with Crippen molar-refractivity contribution >= 4 is 15.8 Å². The quantitative estimate of drug-likeness (QED) is 0.896. The molecule has 0 radical (unpaired) electrons. The van der Waals surface area contributed by atoms with Gasteiger partial charge in [-0.2, -0.15) is 13.2 Å². The van der Waals surface area contributed by atoms with Crippen LogP contribution in [0.15, 0.2) is 12.3 Å². The highest BCUT2D eigenvalue weighted by Gasteiger charge is 2.32. The molecule has 9 heteroatoms. The zero-order chi connectivity index (χ0) is 14.7. The summed E-state index contributed by atoms with van der Waals surface area (Å²) in [4.78, 5) is 7.00. The highest BCUT2D eigenvalue weighted by Crippen LogP contribution is 2.27. The molecule has 0 bridgehead atoms. The van der Waals surface area contributed by atoms with E-state index in [2.05, 4.69) is 15.3 Å². The predicted octanol–water partition coefficient (Wildman–Crippen LogP) is 1.73. The molecule has 1 rings (SSSR count). The lowest BCUT2D eigenvalue weighted by Gasteiger charge is -2.14. The third-order valence-corrected chi connectivity index (χ3v) is 3.22. The van der Waals surface area contributed by atoms with Crippen LogP contribution in [0.5, 0.6) is 0 Å². The molecule has 19 heavy (non-hydrogen) atoms. The number of nitrogens with zero attached hydrogens (tertiary/aromatic N) is 2. The van der Waals surface area contributed by atoms with Crippen LogP contribution in [0.25, 0.3) is 0 Å². The van der Waals surface area contributed by atoms with Crippen LogP contribution >= 0.6 is 0 Å². The van der Waals surface area contributed by atoms with Gasteiger partial charge in [0.1, 0.15) is 15.5 Å². The summed E-state index contributed by atoms with van der Waals surface area (Å²) in [7, 11) is -3.10. The summed E-state index contributed by atoms with van der Waals surface area (Å²) in [5.41, 5.74) is -1.04. The number of nitrogens with one attached hydrogen (secondary N) is 1. The molecule has 1 unspecified atom stereocenters. The van der Waals surface area contributed by atoms with Crippen LogP contribution < -0.4 is 5.32 Å². The van der Waals surface area contributed by atoms with Gasteiger partial charge in [0.05, 0.1) is 5.75 Å². The number of hydrogen-bond acceptors (Lipinski definition) is 5. The Morgan fingerprint density at radius 1 is 1.42 bits per heavy atom. The van der Waals surface area contributed by atoms with Crippen LogP contribution in [0, 0.1) is 0 Å². The van der Waals surface area contributed by atoms with Gasteiger partial charge in [0.15, 0.2) is 0 Å². The van der Waals surface area contributed by atoms with E-state index in [1.165, 1.54) is 0 Å². The van der Waals surface area contributed by atoms with Crippen molar-refractivity contribution in [3.63, 3.8) is 0 Å². The van der Waals surface area contributed by atoms with E-state index in [1.54, 1.807) is 6.92 Å². The molecule has 0 spiro atoms. The van der Waals surface area contributed by atoms with E-state index in [4.69, 9.17) is 0 Å². The van der Waals surface area contributed by atoms with E-state index < -0.39 is 21.7 Å². The lowest BCUT2D eigenvalue weighted by molar-refractivity contribution is -0.141. The molecule has 1 aromatic heterocycles. The minimum Gasteiger partial charge on any atom is -0.352 e. The van der Waals surface area contributed by atoms with E-state index in [0.29, 0.717) is 0 Å². The number of alkyl halides is 3. The fraction of sp³-hybridized carbons (Fsp3) is 0.600. The van der Waals surface area contributed by atoms with Gasteiger partial charge >= 0.3 is 6.18 Å². The van der Waals surface area contributed by atoms with Crippen molar-refractivity contribution in [3.05, 3.63) is 18.0 Å². The second-order valence-corrected chi connectivity index (χ2v) is 6.49. The van der Waals surface area contributed by atoms with Crippen LogP contribution in [0.3, 0.4) is 0 Å². The van der Waals surface area contributed by atoms with Crippen LogP contribution in [-0.2, 0) is 16.0 Å². The van der Waals surface area contributed by atoms with Crippen molar-refractivity contribution in [3.8, 4) is 0 Å². The van der Waals surface area contributed by atoms with Crippen LogP contribution in [0.1, 0.15) is 19.0 Å². The average Bonchev–Trinajstić information content (AvgIpc) is 2.25. The van der Waals surface area contributed by atoms with Gasteiger partial charge in [-0.05, 0) is 19.4 Å². The Morgan fingerprint density at radius 2 is 2.05 bits per heavy atom. The maximum atomic E-state index is 12.4. The summed E-state index contributed by atoms with van der Waals surface area (Å²) in [5.74, 6) is -0.226. The first-order chi connectivity index (χ1) is 8.58. The van der Waals surface area contributed by atoms with Gasteiger partial charge in [-0.1, -0.05) is 0 Å². The van der Waals surface area contributed by atoms with Gasteiger partial charge in [0, 0.05) is 18.5 Å². The Balaban J connectivity index is 2.67. The first-order valence-corrected chi connectivity index (χ1v) is 7.48. The first kappa shape index (κ1) is 15.7. The molecule has 0 saturated carbocycles. The third-order valence-electron chi connectivity index (χ3n) is 2.24. The second-order valence-electron chi connectivity index (χ2n) is 4.23. The lowest BCUT2D eigenvalue weighted by Crippen LogP contribution is -2.21. The molecule has 5 nitrogen and oxygen atoms in total. The monoisotopic (exact) mass is 297 g/mol. The number of rotatable bonds is 5. The summed E-state index contributed by atoms with van der Waals surface area (Å²) >= 11 is 0. The zero-order valence-corrected chi connectivity index (χ0v) is 11.2. The van der Waals surface area contributed by atoms with Crippen molar-refractivity contribution in [2.75, 3.05) is 17.3 Å². The minimum atomic E-state index is -4.53. The van der Waals surface area contributed by atoms with Crippen molar-refractivity contribution in [1.82, 2.24) is 9.97 Å². The molecule has 108 valence electrons. The van der Waals surface area contributed by atoms with Crippen LogP contribution in [0.4, 0.5) is 19.1 Å². The summed E-state index contributed by atoms with van der Waals surface area (Å²) in [5, 5.41) is 2.64. The SMILES string of the molecule is CC(CCS(C)(=O)=O)Nc1nccc(C(F)(F)F)n1. The van der Waals surface area contributed by atoms with Crippen LogP contribution in [0.2, 0.25) is 0 Å². The average molecular weight is 297 g/mol. The lowest BCUT2D eigenvalue weighted by atomic mass is 10.3. The molecule has 0 aliphatic carbocycles. The van der Waals surface area contributed by atoms with Gasteiger partial charge < -0.3 is 5.32 Å². The number of halogens is 3. The highest BCUT2D eigenvalue weighted by atomic mass is 32.2. The second kappa shape index (κ2) is 5.72. The van der Waals surface area contributed by atoms with E-state index in [0.717, 1.165) is 18.5 Å². The van der Waals surface area contributed by atoms with E-state index in [-0.39, 0.29) is 24.2 Å². The highest BCUT2D eigenvalue weighted by molar-refractivity contribution is 7.90. The van der Waals surface area contributed by atoms with E-state index in [1.807, 2.05) is 0 Å². The van der Waals surface area contributed by atoms with Gasteiger partial charge in [0.25, 0.3) is 0 Å². The van der Waals surface area contributed by atoms with Crippen molar-refractivity contribution < 1.29 is 21.6 Å². The van der Waals surface area contributed by atoms with Gasteiger partial charge in [-0.15, -0.1) is 0 Å². The molecule has 1 atom stereocenters.